The zero-order chi connectivity index (χ0) is 24.1. The van der Waals surface area contributed by atoms with Gasteiger partial charge in [-0.25, -0.2) is 14.5 Å². The highest BCUT2D eigenvalue weighted by Crippen LogP contribution is 2.27. The smallest absolute Gasteiger partial charge is 0.411 e. The van der Waals surface area contributed by atoms with Crippen LogP contribution in [0.4, 0.5) is 16.2 Å². The van der Waals surface area contributed by atoms with Gasteiger partial charge in [-0.15, -0.1) is 0 Å². The van der Waals surface area contributed by atoms with Gasteiger partial charge in [0.1, 0.15) is 12.3 Å². The molecule has 0 aliphatic carbocycles. The maximum Gasteiger partial charge on any atom is 0.411 e. The lowest BCUT2D eigenvalue weighted by molar-refractivity contribution is 0.102. The SMILES string of the molecule is COCCOC(=O)Nc1cccc(NC(=O)c2cc(-c3ccco3)nc3c2cnn3C(C)C)c1. The van der Waals surface area contributed by atoms with Crippen molar-refractivity contribution in [2.45, 2.75) is 19.9 Å². The number of carbonyl (C=O) groups excluding carboxylic acids is 2. The van der Waals surface area contributed by atoms with Crippen LogP contribution in [0.15, 0.2) is 59.3 Å². The normalized spacial score (nSPS) is 11.1. The first-order valence-electron chi connectivity index (χ1n) is 10.7. The van der Waals surface area contributed by atoms with Crippen LogP contribution < -0.4 is 10.6 Å². The molecule has 0 bridgehead atoms. The van der Waals surface area contributed by atoms with E-state index in [9.17, 15) is 9.59 Å². The minimum Gasteiger partial charge on any atom is -0.463 e. The molecule has 0 radical (unpaired) electrons. The molecule has 10 heteroatoms. The molecule has 2 N–H and O–H groups in total. The highest BCUT2D eigenvalue weighted by Gasteiger charge is 2.19. The lowest BCUT2D eigenvalue weighted by Crippen LogP contribution is -2.17. The monoisotopic (exact) mass is 463 g/mol. The van der Waals surface area contributed by atoms with Crippen LogP contribution in [0.3, 0.4) is 0 Å². The highest BCUT2D eigenvalue weighted by atomic mass is 16.6. The summed E-state index contributed by atoms with van der Waals surface area (Å²) in [6.07, 6.45) is 2.58. The first-order valence-corrected chi connectivity index (χ1v) is 10.7. The number of anilines is 2. The summed E-state index contributed by atoms with van der Waals surface area (Å²) in [5, 5.41) is 10.5. The second-order valence-corrected chi connectivity index (χ2v) is 7.74. The molecule has 176 valence electrons. The molecule has 0 aliphatic heterocycles. The first kappa shape index (κ1) is 23.0. The molecule has 34 heavy (non-hydrogen) atoms. The molecular formula is C24H25N5O5. The van der Waals surface area contributed by atoms with Gasteiger partial charge in [-0.2, -0.15) is 5.10 Å². The molecule has 0 saturated carbocycles. The van der Waals surface area contributed by atoms with Gasteiger partial charge < -0.3 is 19.2 Å². The summed E-state index contributed by atoms with van der Waals surface area (Å²) >= 11 is 0. The third-order valence-electron chi connectivity index (χ3n) is 4.96. The van der Waals surface area contributed by atoms with Crippen LogP contribution in [-0.2, 0) is 9.47 Å². The van der Waals surface area contributed by atoms with E-state index in [1.807, 2.05) is 13.8 Å². The number of amides is 2. The fourth-order valence-electron chi connectivity index (χ4n) is 3.38. The Morgan fingerprint density at radius 3 is 2.59 bits per heavy atom. The quantitative estimate of drug-likeness (QED) is 0.363. The predicted octanol–water partition coefficient (Wildman–Crippen LogP) is 4.72. The zero-order valence-corrected chi connectivity index (χ0v) is 19.1. The highest BCUT2D eigenvalue weighted by molar-refractivity contribution is 6.12. The minimum atomic E-state index is -0.611. The summed E-state index contributed by atoms with van der Waals surface area (Å²) in [5.74, 6) is 0.203. The van der Waals surface area contributed by atoms with E-state index < -0.39 is 6.09 Å². The van der Waals surface area contributed by atoms with Crippen molar-refractivity contribution in [3.63, 3.8) is 0 Å². The van der Waals surface area contributed by atoms with Gasteiger partial charge in [0, 0.05) is 24.5 Å². The second kappa shape index (κ2) is 10.2. The van der Waals surface area contributed by atoms with Crippen molar-refractivity contribution in [2.75, 3.05) is 31.0 Å². The zero-order valence-electron chi connectivity index (χ0n) is 19.1. The number of pyridine rings is 1. The van der Waals surface area contributed by atoms with Gasteiger partial charge >= 0.3 is 6.09 Å². The average Bonchev–Trinajstić information content (AvgIpc) is 3.49. The molecule has 0 saturated heterocycles. The van der Waals surface area contributed by atoms with Crippen molar-refractivity contribution >= 4 is 34.4 Å². The number of benzene rings is 1. The fraction of sp³-hybridized carbons (Fsp3) is 0.250. The number of fused-ring (bicyclic) bond motifs is 1. The van der Waals surface area contributed by atoms with Gasteiger partial charge in [0.05, 0.1) is 30.0 Å². The lowest BCUT2D eigenvalue weighted by Gasteiger charge is -2.11. The van der Waals surface area contributed by atoms with Gasteiger partial charge in [0.15, 0.2) is 11.4 Å². The summed E-state index contributed by atoms with van der Waals surface area (Å²) in [6.45, 7) is 4.43. The van der Waals surface area contributed by atoms with E-state index in [0.29, 0.717) is 46.0 Å². The predicted molar refractivity (Wildman–Crippen MR) is 127 cm³/mol. The number of methoxy groups -OCH3 is 1. The summed E-state index contributed by atoms with van der Waals surface area (Å²) in [7, 11) is 1.52. The molecule has 4 aromatic rings. The minimum absolute atomic E-state index is 0.0548. The maximum absolute atomic E-state index is 13.3. The first-order chi connectivity index (χ1) is 16.5. The van der Waals surface area contributed by atoms with E-state index >= 15 is 0 Å². The Morgan fingerprint density at radius 1 is 1.09 bits per heavy atom. The van der Waals surface area contributed by atoms with Crippen molar-refractivity contribution in [2.24, 2.45) is 0 Å². The molecule has 0 aliphatic rings. The Bertz CT molecular complexity index is 1300. The van der Waals surface area contributed by atoms with Gasteiger partial charge in [0.2, 0.25) is 0 Å². The molecule has 0 spiro atoms. The van der Waals surface area contributed by atoms with Gasteiger partial charge in [-0.1, -0.05) is 6.07 Å². The van der Waals surface area contributed by atoms with Gasteiger partial charge in [-0.05, 0) is 50.2 Å². The summed E-state index contributed by atoms with van der Waals surface area (Å²) < 4.78 is 17.1. The Kier molecular flexibility index (Phi) is 6.88. The van der Waals surface area contributed by atoms with Crippen LogP contribution in [0, 0.1) is 0 Å². The summed E-state index contributed by atoms with van der Waals surface area (Å²) in [6, 6.07) is 12.1. The van der Waals surface area contributed by atoms with Crippen molar-refractivity contribution in [1.29, 1.82) is 0 Å². The van der Waals surface area contributed by atoms with Crippen LogP contribution in [0.1, 0.15) is 30.2 Å². The van der Waals surface area contributed by atoms with Crippen LogP contribution in [0.2, 0.25) is 0 Å². The number of aromatic nitrogens is 3. The topological polar surface area (TPSA) is 121 Å². The largest absolute Gasteiger partial charge is 0.463 e. The van der Waals surface area contributed by atoms with Gasteiger partial charge in [0.25, 0.3) is 5.91 Å². The molecular weight excluding hydrogens is 438 g/mol. The summed E-state index contributed by atoms with van der Waals surface area (Å²) in [4.78, 5) is 29.9. The molecule has 0 fully saturated rings. The van der Waals surface area contributed by atoms with E-state index in [2.05, 4.69) is 20.7 Å². The second-order valence-electron chi connectivity index (χ2n) is 7.74. The van der Waals surface area contributed by atoms with Crippen LogP contribution >= 0.6 is 0 Å². The molecule has 0 atom stereocenters. The van der Waals surface area contributed by atoms with E-state index in [4.69, 9.17) is 13.9 Å². The number of rotatable bonds is 8. The number of furan rings is 1. The van der Waals surface area contributed by atoms with E-state index in [1.54, 1.807) is 59.6 Å². The van der Waals surface area contributed by atoms with Crippen molar-refractivity contribution < 1.29 is 23.5 Å². The molecule has 3 aromatic heterocycles. The van der Waals surface area contributed by atoms with Crippen LogP contribution in [0.5, 0.6) is 0 Å². The number of hydrogen-bond acceptors (Lipinski definition) is 7. The number of nitrogens with one attached hydrogen (secondary N) is 2. The molecule has 0 unspecified atom stereocenters. The van der Waals surface area contributed by atoms with Crippen molar-refractivity contribution in [3.8, 4) is 11.5 Å². The van der Waals surface area contributed by atoms with Crippen LogP contribution in [-0.4, -0.2) is 47.1 Å². The van der Waals surface area contributed by atoms with E-state index in [-0.39, 0.29) is 18.6 Å². The third kappa shape index (κ3) is 5.07. The Morgan fingerprint density at radius 2 is 1.88 bits per heavy atom. The van der Waals surface area contributed by atoms with E-state index in [0.717, 1.165) is 0 Å². The molecule has 4 rings (SSSR count). The van der Waals surface area contributed by atoms with Crippen molar-refractivity contribution in [1.82, 2.24) is 14.8 Å². The number of carbonyl (C=O) groups is 2. The van der Waals surface area contributed by atoms with Gasteiger partial charge in [-0.3, -0.25) is 10.1 Å². The van der Waals surface area contributed by atoms with Crippen molar-refractivity contribution in [3.05, 3.63) is 60.5 Å². The Balaban J connectivity index is 1.60. The maximum atomic E-state index is 13.3. The fourth-order valence-corrected chi connectivity index (χ4v) is 3.38. The Hall–Kier alpha value is -4.18. The molecule has 2 amide bonds. The lowest BCUT2D eigenvalue weighted by atomic mass is 10.1. The number of ether oxygens (including phenoxy) is 2. The standard InChI is InChI=1S/C24H25N5O5/c1-15(2)29-22-19(14-25-29)18(13-20(28-22)21-8-5-9-33-21)23(30)26-16-6-4-7-17(12-16)27-24(31)34-11-10-32-3/h4-9,12-15H,10-11H2,1-3H3,(H,26,30)(H,27,31). The number of nitrogens with zero attached hydrogens (tertiary/aromatic N) is 3. The van der Waals surface area contributed by atoms with E-state index in [1.165, 1.54) is 7.11 Å². The molecule has 10 nitrogen and oxygen atoms in total. The Labute approximate surface area is 195 Å². The molecule has 3 heterocycles. The third-order valence-corrected chi connectivity index (χ3v) is 4.96. The molecule has 1 aromatic carbocycles. The van der Waals surface area contributed by atoms with Crippen LogP contribution in [0.25, 0.3) is 22.5 Å². The average molecular weight is 463 g/mol. The number of hydrogen-bond donors (Lipinski definition) is 2. The summed E-state index contributed by atoms with van der Waals surface area (Å²) in [5.41, 5.74) is 2.49.